The number of hydrogen-bond donors (Lipinski definition) is 5. The molecule has 1 heterocycles. The predicted molar refractivity (Wildman–Crippen MR) is 60.8 cm³/mol. The minimum Gasteiger partial charge on any atom is -0.394 e. The van der Waals surface area contributed by atoms with Crippen molar-refractivity contribution in [1.29, 1.82) is 0 Å². The molecule has 0 saturated carbocycles. The van der Waals surface area contributed by atoms with Crippen molar-refractivity contribution in [2.75, 3.05) is 24.0 Å². The van der Waals surface area contributed by atoms with Crippen LogP contribution in [-0.2, 0) is 0 Å². The Hall–Kier alpha value is -1.44. The third-order valence-corrected chi connectivity index (χ3v) is 2.34. The van der Waals surface area contributed by atoms with Crippen LogP contribution in [0.25, 0.3) is 0 Å². The van der Waals surface area contributed by atoms with Crippen molar-refractivity contribution in [1.82, 2.24) is 9.97 Å². The van der Waals surface area contributed by atoms with Gasteiger partial charge in [-0.3, -0.25) is 0 Å². The lowest BCUT2D eigenvalue weighted by molar-refractivity contribution is 0.147. The van der Waals surface area contributed by atoms with Gasteiger partial charge in [0.05, 0.1) is 18.8 Å². The van der Waals surface area contributed by atoms with Gasteiger partial charge in [0.1, 0.15) is 18.0 Å². The van der Waals surface area contributed by atoms with E-state index in [9.17, 15) is 0 Å². The second-order valence-electron chi connectivity index (χ2n) is 3.84. The van der Waals surface area contributed by atoms with Crippen LogP contribution >= 0.6 is 0 Å². The number of nitrogens with zero attached hydrogens (tertiary/aromatic N) is 2. The molecule has 1 rings (SSSR count). The molecule has 90 valence electrons. The Morgan fingerprint density at radius 3 is 2.38 bits per heavy atom. The highest BCUT2D eigenvalue weighted by Crippen LogP contribution is 2.20. The first kappa shape index (κ1) is 12.6. The molecule has 0 fully saturated rings. The largest absolute Gasteiger partial charge is 0.394 e. The predicted octanol–water partition coefficient (Wildman–Crippen LogP) is -0.774. The van der Waals surface area contributed by atoms with Crippen molar-refractivity contribution in [2.45, 2.75) is 19.4 Å². The van der Waals surface area contributed by atoms with Gasteiger partial charge in [0.15, 0.2) is 0 Å². The van der Waals surface area contributed by atoms with Crippen LogP contribution in [0.4, 0.5) is 11.6 Å². The molecule has 16 heavy (non-hydrogen) atoms. The summed E-state index contributed by atoms with van der Waals surface area (Å²) in [4.78, 5) is 7.95. The quantitative estimate of drug-likeness (QED) is 0.331. The summed E-state index contributed by atoms with van der Waals surface area (Å²) in [7, 11) is 0. The Kier molecular flexibility index (Phi) is 3.99. The van der Waals surface area contributed by atoms with Gasteiger partial charge in [0, 0.05) is 5.56 Å². The molecule has 0 aliphatic rings. The number of hydrogen-bond acceptors (Lipinski definition) is 7. The molecule has 0 spiro atoms. The molecule has 0 unspecified atom stereocenters. The van der Waals surface area contributed by atoms with Crippen molar-refractivity contribution in [2.24, 2.45) is 5.84 Å². The number of anilines is 2. The average Bonchev–Trinajstić information content (AvgIpc) is 2.32. The smallest absolute Gasteiger partial charge is 0.148 e. The molecule has 0 saturated heterocycles. The van der Waals surface area contributed by atoms with Crippen molar-refractivity contribution in [3.63, 3.8) is 0 Å². The van der Waals surface area contributed by atoms with Gasteiger partial charge in [-0.15, -0.1) is 0 Å². The van der Waals surface area contributed by atoms with Gasteiger partial charge in [-0.25, -0.2) is 15.8 Å². The van der Waals surface area contributed by atoms with Crippen LogP contribution in [0.5, 0.6) is 0 Å². The molecule has 0 bridgehead atoms. The lowest BCUT2D eigenvalue weighted by Crippen LogP contribution is -2.43. The van der Waals surface area contributed by atoms with E-state index in [1.54, 1.807) is 13.8 Å². The zero-order chi connectivity index (χ0) is 12.2. The first-order chi connectivity index (χ1) is 7.56. The number of nitrogens with two attached hydrogens (primary N) is 1. The van der Waals surface area contributed by atoms with E-state index in [4.69, 9.17) is 16.1 Å². The summed E-state index contributed by atoms with van der Waals surface area (Å²) in [6.45, 7) is 3.05. The number of aromatic nitrogens is 2. The molecule has 0 aliphatic carbocycles. The molecule has 0 aromatic carbocycles. The number of hydrazine groups is 1. The maximum Gasteiger partial charge on any atom is 0.148 e. The van der Waals surface area contributed by atoms with Crippen molar-refractivity contribution < 1.29 is 10.2 Å². The summed E-state index contributed by atoms with van der Waals surface area (Å²) < 4.78 is 0. The van der Waals surface area contributed by atoms with Crippen LogP contribution in [0.1, 0.15) is 12.5 Å². The van der Waals surface area contributed by atoms with Crippen molar-refractivity contribution >= 4 is 11.6 Å². The van der Waals surface area contributed by atoms with Gasteiger partial charge >= 0.3 is 0 Å². The molecular weight excluding hydrogens is 210 g/mol. The van der Waals surface area contributed by atoms with E-state index in [-0.39, 0.29) is 13.2 Å². The van der Waals surface area contributed by atoms with Crippen LogP contribution in [0, 0.1) is 6.92 Å². The van der Waals surface area contributed by atoms with Gasteiger partial charge < -0.3 is 21.0 Å². The SMILES string of the molecule is Cc1c(NN)ncnc1NC(C)(CO)CO. The zero-order valence-electron chi connectivity index (χ0n) is 9.36. The first-order valence-corrected chi connectivity index (χ1v) is 4.84. The molecule has 1 aromatic heterocycles. The normalized spacial score (nSPS) is 11.3. The Labute approximate surface area is 93.7 Å². The molecule has 0 aliphatic heterocycles. The number of aliphatic hydroxyl groups is 2. The van der Waals surface area contributed by atoms with E-state index in [0.29, 0.717) is 11.6 Å². The maximum absolute atomic E-state index is 9.16. The fourth-order valence-corrected chi connectivity index (χ4v) is 1.14. The Morgan fingerprint density at radius 1 is 1.31 bits per heavy atom. The van der Waals surface area contributed by atoms with Gasteiger partial charge in [-0.05, 0) is 13.8 Å². The molecular formula is C9H17N5O2. The molecule has 7 nitrogen and oxygen atoms in total. The highest BCUT2D eigenvalue weighted by molar-refractivity contribution is 5.56. The van der Waals surface area contributed by atoms with E-state index >= 15 is 0 Å². The Bertz CT molecular complexity index is 354. The van der Waals surface area contributed by atoms with Crippen LogP contribution in [0.2, 0.25) is 0 Å². The molecule has 1 aromatic rings. The summed E-state index contributed by atoms with van der Waals surface area (Å²) in [6.07, 6.45) is 1.35. The minimum atomic E-state index is -0.828. The summed E-state index contributed by atoms with van der Waals surface area (Å²) in [6, 6.07) is 0. The second-order valence-corrected chi connectivity index (χ2v) is 3.84. The van der Waals surface area contributed by atoms with E-state index in [1.807, 2.05) is 0 Å². The molecule has 7 heteroatoms. The highest BCUT2D eigenvalue weighted by atomic mass is 16.3. The third kappa shape index (κ3) is 2.57. The topological polar surface area (TPSA) is 116 Å². The lowest BCUT2D eigenvalue weighted by Gasteiger charge is -2.27. The molecule has 0 amide bonds. The Morgan fingerprint density at radius 2 is 1.88 bits per heavy atom. The van der Waals surface area contributed by atoms with E-state index in [1.165, 1.54) is 6.33 Å². The van der Waals surface area contributed by atoms with Crippen molar-refractivity contribution in [3.05, 3.63) is 11.9 Å². The fourth-order valence-electron chi connectivity index (χ4n) is 1.14. The standard InChI is InChI=1S/C9H17N5O2/c1-6-7(11-5-12-8(6)14-10)13-9(2,3-15)4-16/h5,15-16H,3-4,10H2,1-2H3,(H2,11,12,13,14). The molecule has 6 N–H and O–H groups in total. The average molecular weight is 227 g/mol. The van der Waals surface area contributed by atoms with E-state index in [0.717, 1.165) is 5.56 Å². The number of aliphatic hydroxyl groups excluding tert-OH is 2. The summed E-state index contributed by atoms with van der Waals surface area (Å²) >= 11 is 0. The zero-order valence-corrected chi connectivity index (χ0v) is 9.36. The summed E-state index contributed by atoms with van der Waals surface area (Å²) in [5, 5.41) is 21.3. The van der Waals surface area contributed by atoms with Gasteiger partial charge in [0.25, 0.3) is 0 Å². The van der Waals surface area contributed by atoms with Crippen LogP contribution in [0.3, 0.4) is 0 Å². The first-order valence-electron chi connectivity index (χ1n) is 4.84. The number of nitrogens with one attached hydrogen (secondary N) is 2. The lowest BCUT2D eigenvalue weighted by atomic mass is 10.1. The Balaban J connectivity index is 2.97. The van der Waals surface area contributed by atoms with Crippen LogP contribution < -0.4 is 16.6 Å². The summed E-state index contributed by atoms with van der Waals surface area (Å²) in [5.41, 5.74) is 2.33. The van der Waals surface area contributed by atoms with E-state index in [2.05, 4.69) is 20.7 Å². The fraction of sp³-hybridized carbons (Fsp3) is 0.556. The number of rotatable bonds is 5. The van der Waals surface area contributed by atoms with Gasteiger partial charge in [-0.1, -0.05) is 0 Å². The maximum atomic E-state index is 9.16. The monoisotopic (exact) mass is 227 g/mol. The summed E-state index contributed by atoms with van der Waals surface area (Å²) in [5.74, 6) is 6.30. The van der Waals surface area contributed by atoms with Crippen LogP contribution in [0.15, 0.2) is 6.33 Å². The van der Waals surface area contributed by atoms with Crippen LogP contribution in [-0.4, -0.2) is 38.9 Å². The molecule has 0 atom stereocenters. The van der Waals surface area contributed by atoms with E-state index < -0.39 is 5.54 Å². The molecule has 0 radical (unpaired) electrons. The second kappa shape index (κ2) is 5.06. The third-order valence-electron chi connectivity index (χ3n) is 2.34. The number of nitrogen functional groups attached to an aromatic ring is 1. The van der Waals surface area contributed by atoms with Crippen molar-refractivity contribution in [3.8, 4) is 0 Å². The minimum absolute atomic E-state index is 0.210. The highest BCUT2D eigenvalue weighted by Gasteiger charge is 2.23. The van der Waals surface area contributed by atoms with Gasteiger partial charge in [-0.2, -0.15) is 0 Å². The van der Waals surface area contributed by atoms with Gasteiger partial charge in [0.2, 0.25) is 0 Å².